The molecule has 0 aliphatic carbocycles. The van der Waals surface area contributed by atoms with E-state index < -0.39 is 5.97 Å². The number of carbonyl (C=O) groups is 1. The molecule has 0 radical (unpaired) electrons. The third-order valence-electron chi connectivity index (χ3n) is 1.49. The summed E-state index contributed by atoms with van der Waals surface area (Å²) < 4.78 is 5.28. The molecular weight excluding hydrogens is 196 g/mol. The predicted molar refractivity (Wildman–Crippen MR) is 54.2 cm³/mol. The Hall–Kier alpha value is -1.81. The van der Waals surface area contributed by atoms with E-state index in [4.69, 9.17) is 4.74 Å². The van der Waals surface area contributed by atoms with Crippen LogP contribution in [-0.4, -0.2) is 19.2 Å². The van der Waals surface area contributed by atoms with Gasteiger partial charge in [-0.3, -0.25) is 4.89 Å². The molecule has 1 aromatic carbocycles. The fourth-order valence-electron chi connectivity index (χ4n) is 0.844. The van der Waals surface area contributed by atoms with Gasteiger partial charge in [0.05, 0.1) is 0 Å². The maximum Gasteiger partial charge on any atom is 0.365 e. The smallest absolute Gasteiger partial charge is 0.365 e. The van der Waals surface area contributed by atoms with E-state index in [-0.39, 0.29) is 6.61 Å². The summed E-state index contributed by atoms with van der Waals surface area (Å²) in [4.78, 5) is 19.4. The van der Waals surface area contributed by atoms with Gasteiger partial charge in [-0.25, -0.2) is 4.79 Å². The molecule has 80 valence electrons. The highest BCUT2D eigenvalue weighted by molar-refractivity contribution is 5.80. The van der Waals surface area contributed by atoms with Crippen molar-refractivity contribution in [1.29, 1.82) is 0 Å². The first-order valence-corrected chi connectivity index (χ1v) is 4.46. The van der Waals surface area contributed by atoms with E-state index in [1.807, 2.05) is 30.3 Å². The molecule has 15 heavy (non-hydrogen) atoms. The number of hydrogen-bond donors (Lipinski definition) is 0. The molecule has 0 bridgehead atoms. The van der Waals surface area contributed by atoms with Crippen LogP contribution < -0.4 is 4.74 Å². The fraction of sp³-hybridized carbons (Fsp3) is 0.182. The number of hydrogen-bond acceptors (Lipinski definition) is 4. The second-order valence-electron chi connectivity index (χ2n) is 2.59. The lowest BCUT2D eigenvalue weighted by Crippen LogP contribution is -2.09. The zero-order valence-corrected chi connectivity index (χ0v) is 8.22. The zero-order valence-electron chi connectivity index (χ0n) is 8.22. The molecule has 0 saturated heterocycles. The largest absolute Gasteiger partial charge is 0.491 e. The van der Waals surface area contributed by atoms with E-state index in [9.17, 15) is 4.79 Å². The summed E-state index contributed by atoms with van der Waals surface area (Å²) in [6.45, 7) is 3.71. The summed E-state index contributed by atoms with van der Waals surface area (Å²) in [6.07, 6.45) is 1.03. The van der Waals surface area contributed by atoms with Gasteiger partial charge in [0, 0.05) is 6.08 Å². The van der Waals surface area contributed by atoms with Gasteiger partial charge in [0.15, 0.2) is 0 Å². The van der Waals surface area contributed by atoms with Gasteiger partial charge in [-0.2, -0.15) is 4.89 Å². The predicted octanol–water partition coefficient (Wildman–Crippen LogP) is 1.73. The van der Waals surface area contributed by atoms with Gasteiger partial charge in [-0.15, -0.1) is 0 Å². The van der Waals surface area contributed by atoms with E-state index >= 15 is 0 Å². The second kappa shape index (κ2) is 6.62. The van der Waals surface area contributed by atoms with Crippen molar-refractivity contribution < 1.29 is 19.3 Å². The average Bonchev–Trinajstić information content (AvgIpc) is 2.29. The number of rotatable bonds is 6. The van der Waals surface area contributed by atoms with E-state index in [2.05, 4.69) is 16.4 Å². The third-order valence-corrected chi connectivity index (χ3v) is 1.49. The quantitative estimate of drug-likeness (QED) is 0.309. The van der Waals surface area contributed by atoms with E-state index in [1.54, 1.807) is 0 Å². The molecule has 0 N–H and O–H groups in total. The molecule has 0 spiro atoms. The minimum Gasteiger partial charge on any atom is -0.491 e. The number of benzene rings is 1. The van der Waals surface area contributed by atoms with E-state index in [0.29, 0.717) is 6.61 Å². The Bertz CT molecular complexity index is 308. The van der Waals surface area contributed by atoms with Crippen LogP contribution in [0.4, 0.5) is 0 Å². The molecule has 0 saturated carbocycles. The summed E-state index contributed by atoms with van der Waals surface area (Å²) in [5.41, 5.74) is 0. The van der Waals surface area contributed by atoms with Crippen LogP contribution in [0.3, 0.4) is 0 Å². The normalized spacial score (nSPS) is 9.33. The Morgan fingerprint density at radius 3 is 2.67 bits per heavy atom. The van der Waals surface area contributed by atoms with Crippen molar-refractivity contribution in [2.75, 3.05) is 13.2 Å². The minimum absolute atomic E-state index is 0.175. The Morgan fingerprint density at radius 2 is 2.00 bits per heavy atom. The van der Waals surface area contributed by atoms with Crippen LogP contribution in [0, 0.1) is 0 Å². The molecule has 0 heterocycles. The molecule has 0 aliphatic heterocycles. The summed E-state index contributed by atoms with van der Waals surface area (Å²) in [5, 5.41) is 0. The van der Waals surface area contributed by atoms with Crippen LogP contribution in [0.25, 0.3) is 0 Å². The van der Waals surface area contributed by atoms with Gasteiger partial charge >= 0.3 is 5.97 Å². The highest BCUT2D eigenvalue weighted by Gasteiger charge is 1.96. The van der Waals surface area contributed by atoms with Crippen LogP contribution in [0.5, 0.6) is 5.75 Å². The molecule has 1 aromatic rings. The molecule has 1 rings (SSSR count). The second-order valence-corrected chi connectivity index (χ2v) is 2.59. The molecule has 0 amide bonds. The lowest BCUT2D eigenvalue weighted by Gasteiger charge is -2.04. The SMILES string of the molecule is C=CC(=O)OOCCOc1ccccc1. The maximum absolute atomic E-state index is 10.5. The molecular formula is C11H12O4. The van der Waals surface area contributed by atoms with Crippen LogP contribution in [0.1, 0.15) is 0 Å². The van der Waals surface area contributed by atoms with Crippen molar-refractivity contribution in [3.8, 4) is 5.75 Å². The summed E-state index contributed by atoms with van der Waals surface area (Å²) in [7, 11) is 0. The fourth-order valence-corrected chi connectivity index (χ4v) is 0.844. The topological polar surface area (TPSA) is 44.8 Å². The lowest BCUT2D eigenvalue weighted by molar-refractivity contribution is -0.269. The number of carbonyl (C=O) groups excluding carboxylic acids is 1. The Kier molecular flexibility index (Phi) is 4.97. The first kappa shape index (κ1) is 11.3. The standard InChI is InChI=1S/C11H12O4/c1-2-11(12)15-14-9-8-13-10-6-4-3-5-7-10/h2-7H,1,8-9H2. The lowest BCUT2D eigenvalue weighted by atomic mass is 10.3. The van der Waals surface area contributed by atoms with Crippen molar-refractivity contribution in [2.24, 2.45) is 0 Å². The van der Waals surface area contributed by atoms with Gasteiger partial charge in [-0.1, -0.05) is 24.8 Å². The van der Waals surface area contributed by atoms with Crippen molar-refractivity contribution in [2.45, 2.75) is 0 Å². The van der Waals surface area contributed by atoms with E-state index in [1.165, 1.54) is 0 Å². The molecule has 4 heteroatoms. The van der Waals surface area contributed by atoms with Crippen LogP contribution in [-0.2, 0) is 14.6 Å². The molecule has 0 unspecified atom stereocenters. The Morgan fingerprint density at radius 1 is 1.27 bits per heavy atom. The highest BCUT2D eigenvalue weighted by atomic mass is 17.2. The number of ether oxygens (including phenoxy) is 1. The van der Waals surface area contributed by atoms with Crippen LogP contribution in [0.2, 0.25) is 0 Å². The van der Waals surface area contributed by atoms with Gasteiger partial charge in [-0.05, 0) is 12.1 Å². The molecule has 4 nitrogen and oxygen atoms in total. The van der Waals surface area contributed by atoms with E-state index in [0.717, 1.165) is 11.8 Å². The summed E-state index contributed by atoms with van der Waals surface area (Å²) in [6, 6.07) is 9.29. The van der Waals surface area contributed by atoms with Gasteiger partial charge in [0.2, 0.25) is 0 Å². The van der Waals surface area contributed by atoms with Crippen LogP contribution >= 0.6 is 0 Å². The van der Waals surface area contributed by atoms with Crippen molar-refractivity contribution in [1.82, 2.24) is 0 Å². The van der Waals surface area contributed by atoms with Crippen molar-refractivity contribution >= 4 is 5.97 Å². The summed E-state index contributed by atoms with van der Waals surface area (Å²) >= 11 is 0. The molecule has 0 atom stereocenters. The maximum atomic E-state index is 10.5. The first-order valence-electron chi connectivity index (χ1n) is 4.46. The first-order chi connectivity index (χ1) is 7.33. The Balaban J connectivity index is 2.07. The molecule has 0 aromatic heterocycles. The monoisotopic (exact) mass is 208 g/mol. The average molecular weight is 208 g/mol. The summed E-state index contributed by atoms with van der Waals surface area (Å²) in [5.74, 6) is 0.130. The molecule has 0 aliphatic rings. The molecule has 0 fully saturated rings. The van der Waals surface area contributed by atoms with Crippen molar-refractivity contribution in [3.63, 3.8) is 0 Å². The van der Waals surface area contributed by atoms with Crippen molar-refractivity contribution in [3.05, 3.63) is 43.0 Å². The van der Waals surface area contributed by atoms with Crippen LogP contribution in [0.15, 0.2) is 43.0 Å². The van der Waals surface area contributed by atoms with Gasteiger partial charge < -0.3 is 4.74 Å². The Labute approximate surface area is 88.0 Å². The van der Waals surface area contributed by atoms with Gasteiger partial charge in [0.1, 0.15) is 19.0 Å². The van der Waals surface area contributed by atoms with Gasteiger partial charge in [0.25, 0.3) is 0 Å². The minimum atomic E-state index is -0.616. The highest BCUT2D eigenvalue weighted by Crippen LogP contribution is 2.07. The third kappa shape index (κ3) is 4.83. The zero-order chi connectivity index (χ0) is 10.9. The number of para-hydroxylation sites is 1.